The molecule has 1 heterocycles. The van der Waals surface area contributed by atoms with Crippen LogP contribution in [0.2, 0.25) is 0 Å². The van der Waals surface area contributed by atoms with Gasteiger partial charge in [-0.05, 0) is 16.7 Å². The molecule has 0 aliphatic rings. The molecule has 7 heteroatoms. The summed E-state index contributed by atoms with van der Waals surface area (Å²) in [5.74, 6) is -0.831. The second-order valence-electron chi connectivity index (χ2n) is 5.65. The van der Waals surface area contributed by atoms with E-state index in [4.69, 9.17) is 16.6 Å². The van der Waals surface area contributed by atoms with Crippen LogP contribution in [0.4, 0.5) is 11.8 Å². The number of hydrogen-bond acceptors (Lipinski definition) is 6. The molecule has 0 aliphatic heterocycles. The molecule has 0 saturated heterocycles. The van der Waals surface area contributed by atoms with E-state index in [2.05, 4.69) is 9.97 Å². The predicted molar refractivity (Wildman–Crippen MR) is 97.8 cm³/mol. The Hall–Kier alpha value is -3.92. The van der Waals surface area contributed by atoms with Gasteiger partial charge in [0.2, 0.25) is 5.95 Å². The molecular formula is C19H15N5O2. The molecule has 7 nitrogen and oxygen atoms in total. The highest BCUT2D eigenvalue weighted by molar-refractivity contribution is 5.76. The Balaban J connectivity index is 1.98. The number of carboxylic acid groups (broad SMARTS) is 1. The van der Waals surface area contributed by atoms with Crippen molar-refractivity contribution in [3.8, 4) is 28.5 Å². The summed E-state index contributed by atoms with van der Waals surface area (Å²) in [6.07, 6.45) is -0.0308. The zero-order valence-electron chi connectivity index (χ0n) is 13.7. The second kappa shape index (κ2) is 6.91. The fourth-order valence-electron chi connectivity index (χ4n) is 2.67. The van der Waals surface area contributed by atoms with E-state index in [1.54, 1.807) is 18.2 Å². The van der Waals surface area contributed by atoms with Gasteiger partial charge in [0.15, 0.2) is 0 Å². The van der Waals surface area contributed by atoms with Crippen molar-refractivity contribution < 1.29 is 9.90 Å². The molecule has 0 unspecified atom stereocenters. The number of nitriles is 1. The first-order chi connectivity index (χ1) is 12.5. The van der Waals surface area contributed by atoms with Gasteiger partial charge in [0.25, 0.3) is 0 Å². The third kappa shape index (κ3) is 3.44. The summed E-state index contributed by atoms with van der Waals surface area (Å²) < 4.78 is 0. The van der Waals surface area contributed by atoms with Crippen molar-refractivity contribution in [2.75, 3.05) is 11.5 Å². The molecule has 0 atom stereocenters. The van der Waals surface area contributed by atoms with Crippen LogP contribution in [0, 0.1) is 11.3 Å². The molecule has 5 N–H and O–H groups in total. The van der Waals surface area contributed by atoms with Gasteiger partial charge in [-0.2, -0.15) is 10.2 Å². The summed E-state index contributed by atoms with van der Waals surface area (Å²) in [6.45, 7) is 0. The van der Waals surface area contributed by atoms with Gasteiger partial charge >= 0.3 is 5.97 Å². The third-order valence-electron chi connectivity index (χ3n) is 3.84. The normalized spacial score (nSPS) is 10.3. The van der Waals surface area contributed by atoms with Crippen molar-refractivity contribution in [1.29, 1.82) is 5.26 Å². The van der Waals surface area contributed by atoms with Crippen molar-refractivity contribution in [2.24, 2.45) is 0 Å². The first kappa shape index (κ1) is 16.9. The zero-order chi connectivity index (χ0) is 18.7. The molecule has 0 radical (unpaired) electrons. The molecule has 0 bridgehead atoms. The van der Waals surface area contributed by atoms with Crippen LogP contribution in [0.1, 0.15) is 11.1 Å². The Labute approximate surface area is 149 Å². The Morgan fingerprint density at radius 1 is 1.04 bits per heavy atom. The van der Waals surface area contributed by atoms with Crippen LogP contribution in [-0.4, -0.2) is 21.0 Å². The highest BCUT2D eigenvalue weighted by Crippen LogP contribution is 2.28. The third-order valence-corrected chi connectivity index (χ3v) is 3.84. The number of aromatic nitrogens is 2. The first-order valence-electron chi connectivity index (χ1n) is 7.72. The van der Waals surface area contributed by atoms with Gasteiger partial charge in [0.1, 0.15) is 17.5 Å². The van der Waals surface area contributed by atoms with Crippen molar-refractivity contribution in [1.82, 2.24) is 9.97 Å². The maximum absolute atomic E-state index is 10.9. The number of nitrogens with zero attached hydrogens (tertiary/aromatic N) is 3. The van der Waals surface area contributed by atoms with Crippen LogP contribution in [0.5, 0.6) is 0 Å². The summed E-state index contributed by atoms with van der Waals surface area (Å²) >= 11 is 0. The molecule has 0 saturated carbocycles. The van der Waals surface area contributed by atoms with Gasteiger partial charge in [-0.3, -0.25) is 4.79 Å². The van der Waals surface area contributed by atoms with E-state index in [-0.39, 0.29) is 23.8 Å². The van der Waals surface area contributed by atoms with Crippen molar-refractivity contribution in [2.45, 2.75) is 6.42 Å². The molecule has 0 amide bonds. The molecule has 26 heavy (non-hydrogen) atoms. The van der Waals surface area contributed by atoms with E-state index in [1.165, 1.54) is 0 Å². The number of rotatable bonds is 4. The van der Waals surface area contributed by atoms with Crippen LogP contribution >= 0.6 is 0 Å². The Morgan fingerprint density at radius 2 is 1.73 bits per heavy atom. The smallest absolute Gasteiger partial charge is 0.307 e. The number of hydrogen-bond donors (Lipinski definition) is 3. The van der Waals surface area contributed by atoms with E-state index in [9.17, 15) is 10.1 Å². The Morgan fingerprint density at radius 3 is 2.38 bits per heavy atom. The minimum absolute atomic E-state index is 0.00180. The van der Waals surface area contributed by atoms with E-state index >= 15 is 0 Å². The van der Waals surface area contributed by atoms with Gasteiger partial charge in [-0.15, -0.1) is 0 Å². The van der Waals surface area contributed by atoms with Crippen LogP contribution in [-0.2, 0) is 11.2 Å². The van der Waals surface area contributed by atoms with Crippen LogP contribution in [0.15, 0.2) is 48.5 Å². The molecule has 0 spiro atoms. The Bertz CT molecular complexity index is 1020. The zero-order valence-corrected chi connectivity index (χ0v) is 13.7. The van der Waals surface area contributed by atoms with Crippen molar-refractivity contribution >= 4 is 17.7 Å². The van der Waals surface area contributed by atoms with Gasteiger partial charge in [0.05, 0.1) is 12.1 Å². The van der Waals surface area contributed by atoms with E-state index in [0.717, 1.165) is 16.7 Å². The molecule has 0 fully saturated rings. The number of carbonyl (C=O) groups is 1. The molecule has 2 aromatic carbocycles. The van der Waals surface area contributed by atoms with Gasteiger partial charge in [-0.25, -0.2) is 4.98 Å². The second-order valence-corrected chi connectivity index (χ2v) is 5.65. The summed E-state index contributed by atoms with van der Waals surface area (Å²) in [7, 11) is 0. The van der Waals surface area contributed by atoms with Crippen LogP contribution in [0.3, 0.4) is 0 Å². The quantitative estimate of drug-likeness (QED) is 0.660. The van der Waals surface area contributed by atoms with Gasteiger partial charge in [0, 0.05) is 5.56 Å². The number of nitrogens with two attached hydrogens (primary N) is 2. The summed E-state index contributed by atoms with van der Waals surface area (Å²) in [5.41, 5.74) is 15.2. The van der Waals surface area contributed by atoms with Crippen molar-refractivity contribution in [3.63, 3.8) is 0 Å². The lowest BCUT2D eigenvalue weighted by Gasteiger charge is -2.08. The topological polar surface area (TPSA) is 139 Å². The highest BCUT2D eigenvalue weighted by atomic mass is 16.4. The van der Waals surface area contributed by atoms with E-state index in [0.29, 0.717) is 11.3 Å². The fourth-order valence-corrected chi connectivity index (χ4v) is 2.67. The number of carboxylic acids is 1. The van der Waals surface area contributed by atoms with Crippen molar-refractivity contribution in [3.05, 3.63) is 59.7 Å². The van der Waals surface area contributed by atoms with E-state index in [1.807, 2.05) is 36.4 Å². The summed E-state index contributed by atoms with van der Waals surface area (Å²) in [5, 5.41) is 18.2. The standard InChI is InChI=1S/C19H15N5O2/c20-10-15-17(23-19(22)24-18(15)21)13-6-4-12(5-7-13)14-3-1-2-11(8-14)9-16(25)26/h1-8H,9H2,(H,25,26)(H4,21,22,23,24). The lowest BCUT2D eigenvalue weighted by atomic mass is 9.99. The molecule has 128 valence electrons. The molecule has 0 aliphatic carbocycles. The average Bonchev–Trinajstić information content (AvgIpc) is 2.61. The number of anilines is 2. The van der Waals surface area contributed by atoms with Crippen LogP contribution in [0.25, 0.3) is 22.4 Å². The lowest BCUT2D eigenvalue weighted by molar-refractivity contribution is -0.136. The minimum Gasteiger partial charge on any atom is -0.481 e. The number of benzene rings is 2. The summed E-state index contributed by atoms with van der Waals surface area (Å²) in [4.78, 5) is 18.8. The Kier molecular flexibility index (Phi) is 4.50. The molecule has 1 aromatic heterocycles. The summed E-state index contributed by atoms with van der Waals surface area (Å²) in [6, 6.07) is 16.7. The average molecular weight is 345 g/mol. The van der Waals surface area contributed by atoms with Crippen LogP contribution < -0.4 is 11.5 Å². The highest BCUT2D eigenvalue weighted by Gasteiger charge is 2.13. The van der Waals surface area contributed by atoms with Gasteiger partial charge in [-0.1, -0.05) is 48.5 Å². The van der Waals surface area contributed by atoms with E-state index < -0.39 is 5.97 Å². The first-order valence-corrected chi connectivity index (χ1v) is 7.72. The largest absolute Gasteiger partial charge is 0.481 e. The fraction of sp³-hybridized carbons (Fsp3) is 0.0526. The van der Waals surface area contributed by atoms with Gasteiger partial charge < -0.3 is 16.6 Å². The minimum atomic E-state index is -0.875. The predicted octanol–water partition coefficient (Wildman–Crippen LogP) is 2.47. The molecular weight excluding hydrogens is 330 g/mol. The lowest BCUT2D eigenvalue weighted by Crippen LogP contribution is -2.04. The SMILES string of the molecule is N#Cc1c(N)nc(N)nc1-c1ccc(-c2cccc(CC(=O)O)c2)cc1. The maximum Gasteiger partial charge on any atom is 0.307 e. The number of nitrogen functional groups attached to an aromatic ring is 2. The number of aliphatic carboxylic acids is 1. The monoisotopic (exact) mass is 345 g/mol. The molecule has 3 rings (SSSR count). The maximum atomic E-state index is 10.9. The molecule has 3 aromatic rings.